The summed E-state index contributed by atoms with van der Waals surface area (Å²) in [5, 5.41) is 14.8. The number of aliphatic hydroxyl groups is 1. The summed E-state index contributed by atoms with van der Waals surface area (Å²) in [7, 11) is 5.62. The highest BCUT2D eigenvalue weighted by atomic mass is 16.5. The minimum Gasteiger partial charge on any atom is -0.385 e. The predicted molar refractivity (Wildman–Crippen MR) is 71.4 cm³/mol. The van der Waals surface area contributed by atoms with Crippen molar-refractivity contribution in [2.24, 2.45) is 0 Å². The maximum atomic E-state index is 10.5. The van der Waals surface area contributed by atoms with Gasteiger partial charge in [0.2, 0.25) is 0 Å². The van der Waals surface area contributed by atoms with Gasteiger partial charge in [0.25, 0.3) is 0 Å². The summed E-state index contributed by atoms with van der Waals surface area (Å²) in [6, 6.07) is 1.88. The van der Waals surface area contributed by atoms with E-state index in [1.165, 1.54) is 0 Å². The molecule has 1 N–H and O–H groups in total. The number of aliphatic hydroxyl groups excluding tert-OH is 1. The van der Waals surface area contributed by atoms with E-state index < -0.39 is 6.10 Å². The molecule has 1 aromatic rings. The van der Waals surface area contributed by atoms with E-state index in [2.05, 4.69) is 5.10 Å². The van der Waals surface area contributed by atoms with Crippen molar-refractivity contribution in [2.45, 2.75) is 38.5 Å². The number of ether oxygens (including phenoxy) is 1. The van der Waals surface area contributed by atoms with E-state index in [1.54, 1.807) is 13.3 Å². The molecule has 0 aromatic carbocycles. The Hall–Kier alpha value is -0.910. The molecule has 0 aliphatic rings. The van der Waals surface area contributed by atoms with Crippen LogP contribution in [0.1, 0.15) is 32.1 Å². The number of methoxy groups -OCH3 is 1. The molecule has 5 nitrogen and oxygen atoms in total. The number of nitrogens with zero attached hydrogens (tertiary/aromatic N) is 3. The Morgan fingerprint density at radius 2 is 2.17 bits per heavy atom. The van der Waals surface area contributed by atoms with Gasteiger partial charge in [0.1, 0.15) is 6.10 Å². The topological polar surface area (TPSA) is 50.5 Å². The van der Waals surface area contributed by atoms with Crippen LogP contribution < -0.4 is 0 Å². The van der Waals surface area contributed by atoms with Crippen molar-refractivity contribution < 1.29 is 9.84 Å². The summed E-state index contributed by atoms with van der Waals surface area (Å²) in [5.41, 5.74) is 0.517. The first-order valence-corrected chi connectivity index (χ1v) is 6.27. The van der Waals surface area contributed by atoms with E-state index in [0.29, 0.717) is 6.61 Å². The van der Waals surface area contributed by atoms with E-state index in [9.17, 15) is 5.11 Å². The predicted octanol–water partition coefficient (Wildman–Crippen LogP) is 1.29. The number of rotatable bonds is 7. The summed E-state index contributed by atoms with van der Waals surface area (Å²) >= 11 is 0. The molecule has 1 rings (SSSR count). The highest BCUT2D eigenvalue weighted by Crippen LogP contribution is 2.29. The normalized spacial score (nSPS) is 14.2. The van der Waals surface area contributed by atoms with E-state index >= 15 is 0 Å². The lowest BCUT2D eigenvalue weighted by atomic mass is 9.93. The van der Waals surface area contributed by atoms with Gasteiger partial charge < -0.3 is 14.7 Å². The molecule has 1 unspecified atom stereocenters. The van der Waals surface area contributed by atoms with Crippen molar-refractivity contribution in [3.05, 3.63) is 18.0 Å². The number of aryl methyl sites for hydroxylation is 1. The average Bonchev–Trinajstić information content (AvgIpc) is 2.76. The smallest absolute Gasteiger partial charge is 0.113 e. The molecule has 0 amide bonds. The Labute approximate surface area is 109 Å². The minimum absolute atomic E-state index is 0.334. The zero-order valence-corrected chi connectivity index (χ0v) is 12.1. The molecular formula is C13H25N3O2. The fraction of sp³-hybridized carbons (Fsp3) is 0.769. The Morgan fingerprint density at radius 1 is 1.50 bits per heavy atom. The van der Waals surface area contributed by atoms with Gasteiger partial charge in [-0.05, 0) is 40.4 Å². The van der Waals surface area contributed by atoms with Gasteiger partial charge in [0.05, 0.1) is 5.69 Å². The summed E-state index contributed by atoms with van der Waals surface area (Å²) in [5.74, 6) is 0. The van der Waals surface area contributed by atoms with Crippen LogP contribution in [0.3, 0.4) is 0 Å². The third-order valence-corrected chi connectivity index (χ3v) is 3.57. The molecule has 0 radical (unpaired) electrons. The second-order valence-electron chi connectivity index (χ2n) is 5.28. The SMILES string of the molecule is COCCCn1nccc1C(O)C(C)(C)N(C)C. The number of aromatic nitrogens is 2. The zero-order valence-electron chi connectivity index (χ0n) is 12.1. The average molecular weight is 255 g/mol. The van der Waals surface area contributed by atoms with Crippen LogP contribution in [0.5, 0.6) is 0 Å². The summed E-state index contributed by atoms with van der Waals surface area (Å²) in [6.45, 7) is 5.50. The first-order valence-electron chi connectivity index (χ1n) is 6.27. The standard InChI is InChI=1S/C13H25N3O2/c1-13(2,15(3)4)12(17)11-7-8-14-16(11)9-6-10-18-5/h7-8,12,17H,6,9-10H2,1-5H3. The molecule has 0 saturated carbocycles. The summed E-state index contributed by atoms with van der Waals surface area (Å²) < 4.78 is 6.89. The largest absolute Gasteiger partial charge is 0.385 e. The van der Waals surface area contributed by atoms with E-state index in [4.69, 9.17) is 4.74 Å². The van der Waals surface area contributed by atoms with Gasteiger partial charge in [0.15, 0.2) is 0 Å². The minimum atomic E-state index is -0.572. The molecule has 1 aromatic heterocycles. The van der Waals surface area contributed by atoms with Crippen molar-refractivity contribution in [1.29, 1.82) is 0 Å². The highest BCUT2D eigenvalue weighted by Gasteiger charge is 2.33. The van der Waals surface area contributed by atoms with Crippen molar-refractivity contribution in [3.63, 3.8) is 0 Å². The molecule has 5 heteroatoms. The van der Waals surface area contributed by atoms with Gasteiger partial charge in [-0.25, -0.2) is 0 Å². The number of hydrogen-bond donors (Lipinski definition) is 1. The van der Waals surface area contributed by atoms with E-state index in [0.717, 1.165) is 18.7 Å². The monoisotopic (exact) mass is 255 g/mol. The lowest BCUT2D eigenvalue weighted by molar-refractivity contribution is 0.0104. The molecule has 0 aliphatic heterocycles. The van der Waals surface area contributed by atoms with Gasteiger partial charge in [0, 0.05) is 32.0 Å². The molecule has 1 atom stereocenters. The van der Waals surface area contributed by atoms with E-state index in [1.807, 2.05) is 43.6 Å². The van der Waals surface area contributed by atoms with E-state index in [-0.39, 0.29) is 5.54 Å². The number of hydrogen-bond acceptors (Lipinski definition) is 4. The van der Waals surface area contributed by atoms with Gasteiger partial charge >= 0.3 is 0 Å². The van der Waals surface area contributed by atoms with Crippen molar-refractivity contribution >= 4 is 0 Å². The fourth-order valence-corrected chi connectivity index (χ4v) is 1.73. The fourth-order valence-electron chi connectivity index (χ4n) is 1.73. The quantitative estimate of drug-likeness (QED) is 0.746. The van der Waals surface area contributed by atoms with Crippen LogP contribution in [0.15, 0.2) is 12.3 Å². The first-order chi connectivity index (χ1) is 8.41. The Balaban J connectivity index is 2.80. The molecule has 0 bridgehead atoms. The van der Waals surface area contributed by atoms with Crippen molar-refractivity contribution in [2.75, 3.05) is 27.8 Å². The maximum Gasteiger partial charge on any atom is 0.113 e. The highest BCUT2D eigenvalue weighted by molar-refractivity contribution is 5.10. The molecule has 0 spiro atoms. The Bertz CT molecular complexity index is 361. The molecule has 0 aliphatic carbocycles. The van der Waals surface area contributed by atoms with Gasteiger partial charge in [-0.15, -0.1) is 0 Å². The van der Waals surface area contributed by atoms with Crippen LogP contribution in [0.25, 0.3) is 0 Å². The maximum absolute atomic E-state index is 10.5. The third-order valence-electron chi connectivity index (χ3n) is 3.57. The van der Waals surface area contributed by atoms with Gasteiger partial charge in [-0.1, -0.05) is 0 Å². The van der Waals surface area contributed by atoms with Crippen LogP contribution in [-0.4, -0.2) is 53.1 Å². The molecule has 1 heterocycles. The zero-order chi connectivity index (χ0) is 13.8. The summed E-state index contributed by atoms with van der Waals surface area (Å²) in [4.78, 5) is 2.02. The lowest BCUT2D eigenvalue weighted by Gasteiger charge is -2.37. The molecule has 0 saturated heterocycles. The molecule has 0 fully saturated rings. The lowest BCUT2D eigenvalue weighted by Crippen LogP contribution is -2.44. The van der Waals surface area contributed by atoms with Crippen molar-refractivity contribution in [3.8, 4) is 0 Å². The second kappa shape index (κ2) is 6.31. The van der Waals surface area contributed by atoms with Crippen LogP contribution in [0, 0.1) is 0 Å². The molecular weight excluding hydrogens is 230 g/mol. The number of likely N-dealkylation sites (N-methyl/N-ethyl adjacent to an activating group) is 1. The Kier molecular flexibility index (Phi) is 5.31. The van der Waals surface area contributed by atoms with Crippen LogP contribution >= 0.6 is 0 Å². The molecule has 104 valence electrons. The van der Waals surface area contributed by atoms with Gasteiger partial charge in [-0.3, -0.25) is 4.68 Å². The van der Waals surface area contributed by atoms with Crippen LogP contribution in [0.2, 0.25) is 0 Å². The van der Waals surface area contributed by atoms with Gasteiger partial charge in [-0.2, -0.15) is 5.10 Å². The van der Waals surface area contributed by atoms with Crippen LogP contribution in [0.4, 0.5) is 0 Å². The first kappa shape index (κ1) is 15.1. The van der Waals surface area contributed by atoms with Crippen molar-refractivity contribution in [1.82, 2.24) is 14.7 Å². The second-order valence-corrected chi connectivity index (χ2v) is 5.28. The third kappa shape index (κ3) is 3.31. The Morgan fingerprint density at radius 3 is 2.72 bits per heavy atom. The summed E-state index contributed by atoms with van der Waals surface area (Å²) in [6.07, 6.45) is 2.05. The molecule has 18 heavy (non-hydrogen) atoms. The van der Waals surface area contributed by atoms with Crippen LogP contribution in [-0.2, 0) is 11.3 Å².